The molecule has 0 unspecified atom stereocenters. The van der Waals surface area contributed by atoms with E-state index in [2.05, 4.69) is 0 Å². The number of carbonyl (C=O) groups is 1. The summed E-state index contributed by atoms with van der Waals surface area (Å²) in [6, 6.07) is 0. The molecule has 0 bridgehead atoms. The van der Waals surface area contributed by atoms with Crippen LogP contribution in [0.2, 0.25) is 0 Å². The lowest BCUT2D eigenvalue weighted by Gasteiger charge is -1.78. The summed E-state index contributed by atoms with van der Waals surface area (Å²) in [7, 11) is 0. The van der Waals surface area contributed by atoms with Gasteiger partial charge in [-0.25, -0.2) is 0 Å². The van der Waals surface area contributed by atoms with Crippen molar-refractivity contribution in [2.75, 3.05) is 5.88 Å². The summed E-state index contributed by atoms with van der Waals surface area (Å²) in [5, 5.41) is 7.83. The highest BCUT2D eigenvalue weighted by Crippen LogP contribution is 1.80. The molecule has 0 spiro atoms. The molecule has 0 aliphatic carbocycles. The lowest BCUT2D eigenvalue weighted by atomic mass is 10.7. The number of carboxylic acid groups (broad SMARTS) is 1. The molecule has 36 valence electrons. The van der Waals surface area contributed by atoms with Gasteiger partial charge in [-0.2, -0.15) is 0 Å². The smallest absolute Gasteiger partial charge is 0.304 e. The van der Waals surface area contributed by atoms with Crippen LogP contribution in [0.4, 0.5) is 0 Å². The molecule has 0 saturated heterocycles. The van der Waals surface area contributed by atoms with E-state index in [1.807, 2.05) is 0 Å². The summed E-state index contributed by atoms with van der Waals surface area (Å²) < 4.78 is 0. The van der Waals surface area contributed by atoms with E-state index >= 15 is 0 Å². The topological polar surface area (TPSA) is 37.3 Å². The van der Waals surface area contributed by atoms with Crippen LogP contribution in [0.25, 0.3) is 0 Å². The molecule has 0 aromatic rings. The Kier molecular flexibility index (Phi) is 2.85. The van der Waals surface area contributed by atoms with Gasteiger partial charge in [0.25, 0.3) is 0 Å². The van der Waals surface area contributed by atoms with Gasteiger partial charge in [0.2, 0.25) is 0 Å². The van der Waals surface area contributed by atoms with Gasteiger partial charge in [-0.1, -0.05) is 0 Å². The number of hydrogen-bond donors (Lipinski definition) is 1. The van der Waals surface area contributed by atoms with Gasteiger partial charge in [0.05, 0.1) is 6.42 Å². The molecule has 0 aromatic carbocycles. The minimum atomic E-state index is -0.843. The fraction of sp³-hybridized carbons (Fsp3) is 0.667. The van der Waals surface area contributed by atoms with Crippen molar-refractivity contribution in [1.29, 1.82) is 0 Å². The van der Waals surface area contributed by atoms with Crippen LogP contribution in [0.15, 0.2) is 0 Å². The third-order valence-corrected chi connectivity index (χ3v) is 0.497. The fourth-order valence-corrected chi connectivity index (χ4v) is 0.243. The number of rotatable bonds is 2. The zero-order valence-electron chi connectivity index (χ0n) is 3.15. The molecule has 0 saturated carbocycles. The van der Waals surface area contributed by atoms with Crippen LogP contribution in [0.1, 0.15) is 6.42 Å². The number of halogens is 1. The number of hydrogen-bond acceptors (Lipinski definition) is 1. The van der Waals surface area contributed by atoms with E-state index in [-0.39, 0.29) is 12.3 Å². The third kappa shape index (κ3) is 3.76. The van der Waals surface area contributed by atoms with Crippen LogP contribution in [0, 0.1) is 0 Å². The molecule has 1 N–H and O–H groups in total. The second-order valence-corrected chi connectivity index (χ2v) is 1.21. The van der Waals surface area contributed by atoms with E-state index in [0.29, 0.717) is 0 Å². The van der Waals surface area contributed by atoms with Gasteiger partial charge in [-0.15, -0.1) is 11.6 Å². The van der Waals surface area contributed by atoms with Gasteiger partial charge in [-0.3, -0.25) is 4.79 Å². The summed E-state index contributed by atoms with van der Waals surface area (Å²) in [5.41, 5.74) is 0. The molecule has 0 rings (SSSR count). The Labute approximate surface area is 40.7 Å². The largest absolute Gasteiger partial charge is 0.481 e. The van der Waals surface area contributed by atoms with Gasteiger partial charge in [-0.05, 0) is 0 Å². The Morgan fingerprint density at radius 3 is 2.33 bits per heavy atom. The zero-order valence-corrected chi connectivity index (χ0v) is 3.90. The maximum absolute atomic E-state index is 9.51. The predicted octanol–water partition coefficient (Wildman–Crippen LogP) is 0.700. The zero-order chi connectivity index (χ0) is 4.99. The van der Waals surface area contributed by atoms with E-state index in [0.717, 1.165) is 0 Å². The Bertz CT molecular complexity index is 52.8. The lowest BCUT2D eigenvalue weighted by Crippen LogP contribution is -1.93. The molecule has 0 radical (unpaired) electrons. The number of alkyl halides is 1. The van der Waals surface area contributed by atoms with Gasteiger partial charge >= 0.3 is 5.97 Å². The summed E-state index contributed by atoms with van der Waals surface area (Å²) in [4.78, 5) is 9.51. The quantitative estimate of drug-likeness (QED) is 0.419. The predicted molar refractivity (Wildman–Crippen MR) is 23.0 cm³/mol. The van der Waals surface area contributed by atoms with Crippen LogP contribution in [0.3, 0.4) is 0 Å². The maximum Gasteiger partial charge on any atom is 0.304 e. The molecule has 0 aliphatic rings. The highest BCUT2D eigenvalue weighted by molar-refractivity contribution is 6.18. The molecular weight excluding hydrogens is 104 g/mol. The molecule has 0 aromatic heterocycles. The van der Waals surface area contributed by atoms with Crippen molar-refractivity contribution in [3.05, 3.63) is 0 Å². The van der Waals surface area contributed by atoms with Crippen molar-refractivity contribution in [2.24, 2.45) is 0 Å². The Balaban J connectivity index is 2.83. The average molecular weight is 110 g/mol. The molecule has 0 atom stereocenters. The Morgan fingerprint density at radius 1 is 1.83 bits per heavy atom. The van der Waals surface area contributed by atoms with E-state index in [9.17, 15) is 4.79 Å². The van der Waals surface area contributed by atoms with Gasteiger partial charge < -0.3 is 5.11 Å². The highest BCUT2D eigenvalue weighted by atomic mass is 35.5. The first kappa shape index (κ1) is 5.76. The number of aliphatic carboxylic acids is 1. The monoisotopic (exact) mass is 109 g/mol. The molecular formula is C3H5ClO2. The average Bonchev–Trinajstić information content (AvgIpc) is 1.35. The molecule has 3 heteroatoms. The van der Waals surface area contributed by atoms with Crippen molar-refractivity contribution < 1.29 is 9.90 Å². The molecule has 0 aliphatic heterocycles. The van der Waals surface area contributed by atoms with Crippen molar-refractivity contribution >= 4 is 17.6 Å². The van der Waals surface area contributed by atoms with Crippen molar-refractivity contribution in [3.63, 3.8) is 0 Å². The lowest BCUT2D eigenvalue weighted by molar-refractivity contribution is -0.136. The molecule has 0 amide bonds. The molecule has 0 heterocycles. The van der Waals surface area contributed by atoms with E-state index in [4.69, 9.17) is 16.7 Å². The Hall–Kier alpha value is -0.240. The van der Waals surface area contributed by atoms with Crippen LogP contribution < -0.4 is 0 Å². The summed E-state index contributed by atoms with van der Waals surface area (Å²) in [6.45, 7) is 0. The molecule has 0 fully saturated rings. The molecule has 2 nitrogen and oxygen atoms in total. The fourth-order valence-electron chi connectivity index (χ4n) is 0.0808. The Morgan fingerprint density at radius 2 is 2.33 bits per heavy atom. The SMILES string of the molecule is O=[13C](O)CCCl. The number of carboxylic acids is 1. The first-order chi connectivity index (χ1) is 2.77. The van der Waals surface area contributed by atoms with Crippen molar-refractivity contribution in [1.82, 2.24) is 0 Å². The minimum absolute atomic E-state index is 0.0571. The second kappa shape index (κ2) is 2.97. The van der Waals surface area contributed by atoms with E-state index in [1.54, 1.807) is 0 Å². The van der Waals surface area contributed by atoms with Crippen LogP contribution >= 0.6 is 11.6 Å². The first-order valence-corrected chi connectivity index (χ1v) is 2.08. The summed E-state index contributed by atoms with van der Waals surface area (Å²) >= 11 is 5.02. The van der Waals surface area contributed by atoms with Gasteiger partial charge in [0.1, 0.15) is 0 Å². The third-order valence-electron chi connectivity index (χ3n) is 0.308. The van der Waals surface area contributed by atoms with Gasteiger partial charge in [0.15, 0.2) is 0 Å². The first-order valence-electron chi connectivity index (χ1n) is 1.55. The minimum Gasteiger partial charge on any atom is -0.481 e. The van der Waals surface area contributed by atoms with Crippen molar-refractivity contribution in [2.45, 2.75) is 6.42 Å². The van der Waals surface area contributed by atoms with Crippen molar-refractivity contribution in [3.8, 4) is 0 Å². The standard InChI is InChI=1S/C3H5ClO2/c4-2-1-3(5)6/h1-2H2,(H,5,6)/i3+1. The summed E-state index contributed by atoms with van der Waals surface area (Å²) in [5.74, 6) is -0.639. The normalized spacial score (nSPS) is 8.17. The van der Waals surface area contributed by atoms with E-state index < -0.39 is 5.97 Å². The second-order valence-electron chi connectivity index (χ2n) is 0.833. The van der Waals surface area contributed by atoms with E-state index in [1.165, 1.54) is 0 Å². The van der Waals surface area contributed by atoms with Crippen LogP contribution in [-0.2, 0) is 4.79 Å². The van der Waals surface area contributed by atoms with Crippen LogP contribution in [-0.4, -0.2) is 17.0 Å². The highest BCUT2D eigenvalue weighted by Gasteiger charge is 1.89. The summed E-state index contributed by atoms with van der Waals surface area (Å²) in [6.07, 6.45) is 0.0571. The van der Waals surface area contributed by atoms with Gasteiger partial charge in [0, 0.05) is 5.88 Å². The molecule has 6 heavy (non-hydrogen) atoms. The van der Waals surface area contributed by atoms with Crippen LogP contribution in [0.5, 0.6) is 0 Å². The maximum atomic E-state index is 9.51.